The smallest absolute Gasteiger partial charge is 0.308 e. The second-order valence-corrected chi connectivity index (χ2v) is 15.1. The third-order valence-electron chi connectivity index (χ3n) is 11.0. The van der Waals surface area contributed by atoms with Crippen molar-refractivity contribution in [1.29, 1.82) is 15.8 Å². The summed E-state index contributed by atoms with van der Waals surface area (Å²) >= 11 is 0. The molecule has 66 heavy (non-hydrogen) atoms. The first-order valence-corrected chi connectivity index (χ1v) is 21.9. The van der Waals surface area contributed by atoms with Gasteiger partial charge in [-0.1, -0.05) is 44.9 Å². The Labute approximate surface area is 385 Å². The number of likely N-dealkylation sites (N-methyl/N-ethyl adjacent to an activating group) is 2. The maximum Gasteiger partial charge on any atom is 0.308 e. The van der Waals surface area contributed by atoms with Crippen LogP contribution in [0.3, 0.4) is 0 Å². The monoisotopic (exact) mass is 887 g/mol. The maximum atomic E-state index is 13.9. The molecule has 2 N–H and O–H groups in total. The molecule has 0 saturated heterocycles. The van der Waals surface area contributed by atoms with E-state index in [1.807, 2.05) is 91.5 Å². The third-order valence-corrected chi connectivity index (χ3v) is 11.0. The van der Waals surface area contributed by atoms with E-state index in [1.165, 1.54) is 35.2 Å². The number of carbonyl (C=O) groups is 2. The van der Waals surface area contributed by atoms with Gasteiger partial charge in [0.15, 0.2) is 5.57 Å². The van der Waals surface area contributed by atoms with Crippen molar-refractivity contribution in [3.63, 3.8) is 0 Å². The number of unbranched alkanes of at least 4 members (excludes halogenated alkanes) is 1. The van der Waals surface area contributed by atoms with Crippen LogP contribution in [0.2, 0.25) is 0 Å². The molecule has 338 valence electrons. The molecule has 16 heteroatoms. The molecule has 5 rings (SSSR count). The number of azo groups is 1. The van der Waals surface area contributed by atoms with Crippen molar-refractivity contribution in [3.8, 4) is 18.2 Å². The molecule has 1 atom stereocenters. The quantitative estimate of drug-likeness (QED) is 0.0234. The van der Waals surface area contributed by atoms with Crippen molar-refractivity contribution in [2.75, 3.05) is 60.0 Å². The van der Waals surface area contributed by atoms with Crippen LogP contribution in [0.4, 0.5) is 39.8 Å². The highest BCUT2D eigenvalue weighted by molar-refractivity contribution is 6.05. The SMILES string of the molecule is CCCCC(CC)C(=O)OCCN(CC)c1ccc(NNc2ccc(/C=C/C3=C(C#N)C(=C(C#N)C#N)N(CCN(CC)c4ccc(/N=N/c5ccc([N+](=O)[O-])cc5)cc4)C3=O)cc2)cc1. The highest BCUT2D eigenvalue weighted by Crippen LogP contribution is 2.33. The number of allylic oxidation sites excluding steroid dienone is 2. The predicted octanol–water partition coefficient (Wildman–Crippen LogP) is 10.5. The van der Waals surface area contributed by atoms with Crippen molar-refractivity contribution < 1.29 is 19.2 Å². The van der Waals surface area contributed by atoms with E-state index in [0.717, 1.165) is 60.5 Å². The van der Waals surface area contributed by atoms with Gasteiger partial charge in [0.1, 0.15) is 24.8 Å². The Balaban J connectivity index is 1.18. The van der Waals surface area contributed by atoms with Crippen LogP contribution < -0.4 is 20.7 Å². The summed E-state index contributed by atoms with van der Waals surface area (Å²) in [5.41, 5.74) is 11.2. The maximum absolute atomic E-state index is 13.9. The molecule has 1 unspecified atom stereocenters. The number of nitrogens with one attached hydrogen (secondary N) is 2. The summed E-state index contributed by atoms with van der Waals surface area (Å²) < 4.78 is 5.62. The molecule has 0 bridgehead atoms. The molecule has 0 fully saturated rings. The van der Waals surface area contributed by atoms with Crippen LogP contribution in [-0.4, -0.2) is 61.0 Å². The van der Waals surface area contributed by atoms with Crippen LogP contribution in [0.1, 0.15) is 58.9 Å². The second-order valence-electron chi connectivity index (χ2n) is 15.1. The average molecular weight is 888 g/mol. The number of carbonyl (C=O) groups excluding carboxylic acids is 2. The van der Waals surface area contributed by atoms with E-state index in [0.29, 0.717) is 37.6 Å². The first-order chi connectivity index (χ1) is 32.1. The lowest BCUT2D eigenvalue weighted by atomic mass is 10.00. The van der Waals surface area contributed by atoms with Crippen molar-refractivity contribution in [1.82, 2.24) is 4.90 Å². The number of nitro benzene ring substituents is 1. The van der Waals surface area contributed by atoms with Gasteiger partial charge in [0.05, 0.1) is 57.0 Å². The molecular weight excluding hydrogens is 835 g/mol. The Kier molecular flexibility index (Phi) is 18.1. The molecule has 16 nitrogen and oxygen atoms in total. The summed E-state index contributed by atoms with van der Waals surface area (Å²) in [7, 11) is 0. The fourth-order valence-electron chi connectivity index (χ4n) is 7.21. The van der Waals surface area contributed by atoms with Crippen LogP contribution in [0.5, 0.6) is 0 Å². The zero-order valence-electron chi connectivity index (χ0n) is 37.6. The highest BCUT2D eigenvalue weighted by atomic mass is 16.6. The molecule has 1 aliphatic rings. The minimum absolute atomic E-state index is 0.0185. The number of nitrogens with zero attached hydrogens (tertiary/aromatic N) is 9. The number of hydrogen-bond acceptors (Lipinski definition) is 14. The zero-order valence-corrected chi connectivity index (χ0v) is 37.6. The van der Waals surface area contributed by atoms with Gasteiger partial charge < -0.3 is 30.3 Å². The predicted molar refractivity (Wildman–Crippen MR) is 256 cm³/mol. The van der Waals surface area contributed by atoms with E-state index in [9.17, 15) is 35.5 Å². The molecule has 4 aromatic rings. The van der Waals surface area contributed by atoms with E-state index in [2.05, 4.69) is 45.9 Å². The first-order valence-electron chi connectivity index (χ1n) is 21.9. The summed E-state index contributed by atoms with van der Waals surface area (Å²) in [6, 6.07) is 34.1. The fraction of sp³-hybridized carbons (Fsp3) is 0.300. The van der Waals surface area contributed by atoms with Gasteiger partial charge in [-0.15, -0.1) is 0 Å². The highest BCUT2D eigenvalue weighted by Gasteiger charge is 2.36. The van der Waals surface area contributed by atoms with Crippen molar-refractivity contribution in [3.05, 3.63) is 141 Å². The fourth-order valence-corrected chi connectivity index (χ4v) is 7.21. The number of non-ortho nitro benzene ring substituents is 1. The number of esters is 1. The Bertz CT molecular complexity index is 2550. The number of nitriles is 3. The van der Waals surface area contributed by atoms with E-state index in [-0.39, 0.29) is 46.5 Å². The summed E-state index contributed by atoms with van der Waals surface area (Å²) in [6.07, 6.45) is 6.96. The molecule has 0 aromatic heterocycles. The lowest BCUT2D eigenvalue weighted by Crippen LogP contribution is -2.36. The van der Waals surface area contributed by atoms with Crippen LogP contribution >= 0.6 is 0 Å². The number of anilines is 4. The molecule has 0 spiro atoms. The summed E-state index contributed by atoms with van der Waals surface area (Å²) in [5.74, 6) is -0.658. The zero-order chi connectivity index (χ0) is 47.4. The molecule has 1 amide bonds. The number of ether oxygens (including phenoxy) is 1. The number of hydrazine groups is 1. The molecule has 1 aliphatic heterocycles. The third kappa shape index (κ3) is 12.9. The Morgan fingerprint density at radius 2 is 1.35 bits per heavy atom. The summed E-state index contributed by atoms with van der Waals surface area (Å²) in [4.78, 5) is 42.4. The van der Waals surface area contributed by atoms with E-state index < -0.39 is 10.8 Å². The Morgan fingerprint density at radius 1 is 0.803 bits per heavy atom. The number of nitro groups is 1. The minimum Gasteiger partial charge on any atom is -0.464 e. The van der Waals surface area contributed by atoms with E-state index >= 15 is 0 Å². The molecular formula is C50H53N11O5. The van der Waals surface area contributed by atoms with Gasteiger partial charge in [0, 0.05) is 49.7 Å². The van der Waals surface area contributed by atoms with Crippen LogP contribution in [0.15, 0.2) is 136 Å². The summed E-state index contributed by atoms with van der Waals surface area (Å²) in [6.45, 7) is 10.8. The van der Waals surface area contributed by atoms with Gasteiger partial charge in [-0.3, -0.25) is 19.7 Å². The second kappa shape index (κ2) is 24.5. The normalized spacial score (nSPS) is 12.7. The van der Waals surface area contributed by atoms with Gasteiger partial charge in [0.25, 0.3) is 11.6 Å². The van der Waals surface area contributed by atoms with E-state index in [1.54, 1.807) is 18.2 Å². The Hall–Kier alpha value is -8.29. The molecule has 4 aromatic carbocycles. The van der Waals surface area contributed by atoms with Crippen LogP contribution in [-0.2, 0) is 14.3 Å². The molecule has 0 aliphatic carbocycles. The largest absolute Gasteiger partial charge is 0.464 e. The van der Waals surface area contributed by atoms with E-state index in [4.69, 9.17) is 4.74 Å². The van der Waals surface area contributed by atoms with Gasteiger partial charge in [-0.2, -0.15) is 26.0 Å². The van der Waals surface area contributed by atoms with Gasteiger partial charge >= 0.3 is 5.97 Å². The lowest BCUT2D eigenvalue weighted by Gasteiger charge is -2.27. The minimum atomic E-state index is -0.499. The lowest BCUT2D eigenvalue weighted by molar-refractivity contribution is -0.384. The van der Waals surface area contributed by atoms with Crippen LogP contribution in [0, 0.1) is 50.0 Å². The first kappa shape index (κ1) is 48.7. The molecule has 1 heterocycles. The topological polar surface area (TPSA) is 216 Å². The standard InChI is InChI=1S/C50H53N11O5/c1-5-9-10-37(6-2)50(63)66-32-31-59(8-4)44-24-18-41(19-25-44)55-54-39-14-11-36(12-15-39)13-28-46-47(35-53)48(38(33-51)34-52)60(49(46)62)30-29-58(7-3)43-22-16-40(17-23-43)56-57-42-20-26-45(27-21-42)61(64)65/h11-28,37,54-55H,5-10,29-32H2,1-4H3/b28-13+,57-56+. The number of rotatable bonds is 23. The van der Waals surface area contributed by atoms with Crippen molar-refractivity contribution >= 4 is 57.8 Å². The average Bonchev–Trinajstić information content (AvgIpc) is 3.61. The molecule has 0 saturated carbocycles. The van der Waals surface area contributed by atoms with Crippen molar-refractivity contribution in [2.24, 2.45) is 16.1 Å². The Morgan fingerprint density at radius 3 is 1.86 bits per heavy atom. The number of benzene rings is 4. The van der Waals surface area contributed by atoms with Gasteiger partial charge in [-0.05, 0) is 111 Å². The molecule has 0 radical (unpaired) electrons. The number of hydrogen-bond donors (Lipinski definition) is 2. The van der Waals surface area contributed by atoms with Gasteiger partial charge in [-0.25, -0.2) is 0 Å². The van der Waals surface area contributed by atoms with Crippen molar-refractivity contribution in [2.45, 2.75) is 53.4 Å². The van der Waals surface area contributed by atoms with Gasteiger partial charge in [0.2, 0.25) is 0 Å². The van der Waals surface area contributed by atoms with Crippen LogP contribution in [0.25, 0.3) is 6.08 Å². The summed E-state index contributed by atoms with van der Waals surface area (Å²) in [5, 5.41) is 49.2. The number of amides is 1.